The van der Waals surface area contributed by atoms with Gasteiger partial charge in [0.05, 0.1) is 0 Å². The number of fused-ring (bicyclic) bond motifs is 1. The molecule has 1 unspecified atom stereocenters. The lowest BCUT2D eigenvalue weighted by molar-refractivity contribution is -0.172. The molecule has 0 amide bonds. The van der Waals surface area contributed by atoms with Gasteiger partial charge >= 0.3 is 19.2 Å². The van der Waals surface area contributed by atoms with Gasteiger partial charge in [0.1, 0.15) is 0 Å². The van der Waals surface area contributed by atoms with Crippen molar-refractivity contribution < 1.29 is 32.3 Å². The second kappa shape index (κ2) is 9.52. The number of ether oxygens (including phenoxy) is 1. The number of halogens is 3. The first-order valence-electron chi connectivity index (χ1n) is 9.07. The SMILES string of the molecule is [C-]#[N+]Cc1ccc2cc(Br)c(C(F)(F)P(=O)(O)O[C@@H](OC(=O)CC)C(C)C)cc2c1. The number of carbonyl (C=O) groups is 1. The highest BCUT2D eigenvalue weighted by molar-refractivity contribution is 9.10. The molecule has 6 nitrogen and oxygen atoms in total. The summed E-state index contributed by atoms with van der Waals surface area (Å²) < 4.78 is 52.5. The molecule has 30 heavy (non-hydrogen) atoms. The fourth-order valence-corrected chi connectivity index (χ4v) is 4.54. The van der Waals surface area contributed by atoms with Crippen LogP contribution in [0.1, 0.15) is 38.3 Å². The Balaban J connectivity index is 2.47. The molecule has 10 heteroatoms. The van der Waals surface area contributed by atoms with E-state index in [1.165, 1.54) is 26.8 Å². The molecule has 2 aromatic carbocycles. The summed E-state index contributed by atoms with van der Waals surface area (Å²) in [5.41, 5.74) is -4.41. The molecule has 0 spiro atoms. The van der Waals surface area contributed by atoms with E-state index in [4.69, 9.17) is 15.8 Å². The molecule has 0 heterocycles. The normalized spacial score (nSPS) is 14.9. The van der Waals surface area contributed by atoms with Gasteiger partial charge in [-0.1, -0.05) is 48.8 Å². The van der Waals surface area contributed by atoms with E-state index >= 15 is 8.78 Å². The molecule has 0 radical (unpaired) electrons. The Morgan fingerprint density at radius 3 is 2.53 bits per heavy atom. The smallest absolute Gasteiger partial charge is 0.405 e. The minimum Gasteiger partial charge on any atom is -0.435 e. The quantitative estimate of drug-likeness (QED) is 0.200. The second-order valence-corrected chi connectivity index (χ2v) is 9.62. The van der Waals surface area contributed by atoms with Gasteiger partial charge in [-0.2, -0.15) is 8.78 Å². The molecular weight excluding hydrogens is 483 g/mol. The molecule has 162 valence electrons. The molecule has 0 bridgehead atoms. The maximum Gasteiger partial charge on any atom is 0.405 e. The van der Waals surface area contributed by atoms with Crippen LogP contribution in [0.2, 0.25) is 0 Å². The minimum atomic E-state index is -5.61. The summed E-state index contributed by atoms with van der Waals surface area (Å²) in [6.07, 6.45) is -1.65. The molecule has 2 atom stereocenters. The Kier molecular flexibility index (Phi) is 7.75. The Morgan fingerprint density at radius 1 is 1.30 bits per heavy atom. The summed E-state index contributed by atoms with van der Waals surface area (Å²) in [6.45, 7) is 11.5. The predicted molar refractivity (Wildman–Crippen MR) is 112 cm³/mol. The average Bonchev–Trinajstić information content (AvgIpc) is 2.66. The van der Waals surface area contributed by atoms with Gasteiger partial charge in [-0.25, -0.2) is 6.57 Å². The van der Waals surface area contributed by atoms with E-state index in [2.05, 4.69) is 20.8 Å². The number of esters is 1. The first-order valence-corrected chi connectivity index (χ1v) is 11.4. The van der Waals surface area contributed by atoms with Crippen molar-refractivity contribution in [3.63, 3.8) is 0 Å². The van der Waals surface area contributed by atoms with Crippen molar-refractivity contribution in [1.29, 1.82) is 0 Å². The second-order valence-electron chi connectivity index (χ2n) is 6.95. The van der Waals surface area contributed by atoms with Crippen LogP contribution in [-0.2, 0) is 30.8 Å². The maximum atomic E-state index is 15.2. The van der Waals surface area contributed by atoms with E-state index in [0.717, 1.165) is 6.07 Å². The van der Waals surface area contributed by atoms with E-state index in [1.807, 2.05) is 0 Å². The molecule has 1 N–H and O–H groups in total. The number of benzene rings is 2. The largest absolute Gasteiger partial charge is 0.435 e. The average molecular weight is 504 g/mol. The van der Waals surface area contributed by atoms with Crippen molar-refractivity contribution in [2.75, 3.05) is 0 Å². The lowest BCUT2D eigenvalue weighted by atomic mass is 10.0. The zero-order chi connectivity index (χ0) is 22.7. The van der Waals surface area contributed by atoms with Crippen molar-refractivity contribution in [3.8, 4) is 0 Å². The third-order valence-corrected chi connectivity index (χ3v) is 6.36. The third-order valence-electron chi connectivity index (χ3n) is 4.26. The predicted octanol–water partition coefficient (Wildman–Crippen LogP) is 6.21. The van der Waals surface area contributed by atoms with Crippen LogP contribution < -0.4 is 0 Å². The van der Waals surface area contributed by atoms with Gasteiger partial charge in [0.2, 0.25) is 12.8 Å². The van der Waals surface area contributed by atoms with Gasteiger partial charge in [0, 0.05) is 27.9 Å². The van der Waals surface area contributed by atoms with Crippen LogP contribution in [0.4, 0.5) is 8.78 Å². The Bertz CT molecular complexity index is 1040. The summed E-state index contributed by atoms with van der Waals surface area (Å²) in [6, 6.07) is 7.44. The molecule has 0 fully saturated rings. The van der Waals surface area contributed by atoms with Crippen molar-refractivity contribution in [3.05, 3.63) is 57.3 Å². The number of rotatable bonds is 8. The van der Waals surface area contributed by atoms with Crippen LogP contribution >= 0.6 is 23.5 Å². The number of nitrogens with zero attached hydrogens (tertiary/aromatic N) is 1. The lowest BCUT2D eigenvalue weighted by Crippen LogP contribution is -2.28. The summed E-state index contributed by atoms with van der Waals surface area (Å²) in [7, 11) is -5.61. The highest BCUT2D eigenvalue weighted by atomic mass is 79.9. The van der Waals surface area contributed by atoms with Crippen LogP contribution in [0.3, 0.4) is 0 Å². The van der Waals surface area contributed by atoms with E-state index in [-0.39, 0.29) is 17.4 Å². The first-order chi connectivity index (χ1) is 13.9. The molecule has 0 aliphatic heterocycles. The van der Waals surface area contributed by atoms with Crippen molar-refractivity contribution in [2.24, 2.45) is 5.92 Å². The van der Waals surface area contributed by atoms with Crippen LogP contribution in [0, 0.1) is 12.5 Å². The fourth-order valence-electron chi connectivity index (χ4n) is 2.59. The van der Waals surface area contributed by atoms with Crippen LogP contribution in [0.25, 0.3) is 15.6 Å². The molecule has 2 rings (SSSR count). The zero-order valence-electron chi connectivity index (χ0n) is 16.6. The zero-order valence-corrected chi connectivity index (χ0v) is 19.0. The molecule has 0 saturated heterocycles. The standard InChI is InChI=1S/C20H21BrF2NO5P/c1-5-18(25)28-19(12(2)3)29-30(26,27)20(22,23)16-9-15-8-13(11-24-4)6-7-14(15)10-17(16)21/h6-10,12,19H,5,11H2,1-3H3,(H,26,27)/t19-/m1/s1. The van der Waals surface area contributed by atoms with Gasteiger partial charge in [-0.3, -0.25) is 13.9 Å². The van der Waals surface area contributed by atoms with Gasteiger partial charge in [0.15, 0.2) is 0 Å². The molecular formula is C20H21BrF2NO5P. The van der Waals surface area contributed by atoms with Crippen LogP contribution in [0.15, 0.2) is 34.8 Å². The van der Waals surface area contributed by atoms with E-state index in [0.29, 0.717) is 16.3 Å². The van der Waals surface area contributed by atoms with E-state index in [1.54, 1.807) is 18.2 Å². The molecule has 0 aliphatic carbocycles. The van der Waals surface area contributed by atoms with E-state index in [9.17, 15) is 14.3 Å². The van der Waals surface area contributed by atoms with Gasteiger partial charge in [0.25, 0.3) is 0 Å². The number of alkyl halides is 2. The number of hydrogen-bond acceptors (Lipinski definition) is 4. The summed E-state index contributed by atoms with van der Waals surface area (Å²) >= 11 is 3.04. The maximum absolute atomic E-state index is 15.2. The fraction of sp³-hybridized carbons (Fsp3) is 0.400. The Morgan fingerprint density at radius 2 is 1.97 bits per heavy atom. The van der Waals surface area contributed by atoms with Crippen molar-refractivity contribution in [1.82, 2.24) is 0 Å². The lowest BCUT2D eigenvalue weighted by Gasteiger charge is -2.28. The topological polar surface area (TPSA) is 77.2 Å². The molecule has 0 saturated carbocycles. The number of hydrogen-bond donors (Lipinski definition) is 1. The molecule has 0 aromatic heterocycles. The highest BCUT2D eigenvalue weighted by Crippen LogP contribution is 2.65. The highest BCUT2D eigenvalue weighted by Gasteiger charge is 2.55. The van der Waals surface area contributed by atoms with Gasteiger partial charge in [-0.05, 0) is 29.0 Å². The van der Waals surface area contributed by atoms with Gasteiger partial charge in [-0.15, -0.1) is 0 Å². The molecule has 2 aromatic rings. The Hall–Kier alpha value is -1.85. The summed E-state index contributed by atoms with van der Waals surface area (Å²) in [4.78, 5) is 25.0. The summed E-state index contributed by atoms with van der Waals surface area (Å²) in [5, 5.41) is 0.993. The minimum absolute atomic E-state index is 0.0398. The van der Waals surface area contributed by atoms with Crippen molar-refractivity contribution >= 4 is 40.3 Å². The molecule has 0 aliphatic rings. The monoisotopic (exact) mass is 503 g/mol. The van der Waals surface area contributed by atoms with Gasteiger partial charge < -0.3 is 14.5 Å². The Labute approximate surface area is 181 Å². The van der Waals surface area contributed by atoms with Crippen LogP contribution in [0.5, 0.6) is 0 Å². The number of carbonyl (C=O) groups excluding carboxylic acids is 1. The summed E-state index contributed by atoms with van der Waals surface area (Å²) in [5.74, 6) is -1.37. The van der Waals surface area contributed by atoms with E-state index < -0.39 is 37.0 Å². The third kappa shape index (κ3) is 5.25. The van der Waals surface area contributed by atoms with Crippen LogP contribution in [-0.4, -0.2) is 17.2 Å². The van der Waals surface area contributed by atoms with Crippen molar-refractivity contribution in [2.45, 2.75) is 45.7 Å². The first kappa shape index (κ1) is 24.4.